The summed E-state index contributed by atoms with van der Waals surface area (Å²) in [7, 11) is 1.51. The quantitative estimate of drug-likeness (QED) is 0.179. The standard InChI is InChI=1S/C26H26FIN2O5/c1-4-33-22-11-10-18(14-23(22)32-3)26(31)30-29-15-17-12-21(28)25(24(13-17)34-5-2)35-16-19-8-6-7-9-20(19)27/h6-15H,4-5,16H2,1-3H3,(H,30,31)/b29-15+. The number of hydrogen-bond acceptors (Lipinski definition) is 6. The van der Waals surface area contributed by atoms with E-state index in [1.807, 2.05) is 19.9 Å². The monoisotopic (exact) mass is 592 g/mol. The van der Waals surface area contributed by atoms with Crippen molar-refractivity contribution < 1.29 is 28.1 Å². The lowest BCUT2D eigenvalue weighted by molar-refractivity contribution is 0.0954. The second kappa shape index (κ2) is 12.9. The second-order valence-corrected chi connectivity index (χ2v) is 8.30. The van der Waals surface area contributed by atoms with Gasteiger partial charge in [0.25, 0.3) is 5.91 Å². The summed E-state index contributed by atoms with van der Waals surface area (Å²) < 4.78 is 37.1. The SMILES string of the molecule is CCOc1ccc(C(=O)N/N=C/c2cc(I)c(OCc3ccccc3F)c(OCC)c2)cc1OC. The van der Waals surface area contributed by atoms with Crippen LogP contribution in [0.3, 0.4) is 0 Å². The van der Waals surface area contributed by atoms with Gasteiger partial charge < -0.3 is 18.9 Å². The molecule has 0 aliphatic carbocycles. The number of carbonyl (C=O) groups excluding carboxylic acids is 1. The van der Waals surface area contributed by atoms with Crippen LogP contribution in [-0.4, -0.2) is 32.4 Å². The third kappa shape index (κ3) is 7.08. The van der Waals surface area contributed by atoms with E-state index in [4.69, 9.17) is 18.9 Å². The smallest absolute Gasteiger partial charge is 0.271 e. The summed E-state index contributed by atoms with van der Waals surface area (Å²) in [5.41, 5.74) is 4.03. The number of hydrazone groups is 1. The van der Waals surface area contributed by atoms with Gasteiger partial charge in [-0.05, 0) is 78.4 Å². The summed E-state index contributed by atoms with van der Waals surface area (Å²) in [5, 5.41) is 4.06. The van der Waals surface area contributed by atoms with Crippen molar-refractivity contribution >= 4 is 34.7 Å². The van der Waals surface area contributed by atoms with Gasteiger partial charge in [-0.25, -0.2) is 9.82 Å². The van der Waals surface area contributed by atoms with Gasteiger partial charge in [-0.2, -0.15) is 5.10 Å². The molecule has 0 aliphatic heterocycles. The van der Waals surface area contributed by atoms with Gasteiger partial charge in [0, 0.05) is 11.1 Å². The summed E-state index contributed by atoms with van der Waals surface area (Å²) in [4.78, 5) is 12.5. The van der Waals surface area contributed by atoms with Crippen LogP contribution >= 0.6 is 22.6 Å². The van der Waals surface area contributed by atoms with Crippen molar-refractivity contribution in [1.29, 1.82) is 0 Å². The number of nitrogens with zero attached hydrogens (tertiary/aromatic N) is 1. The number of benzene rings is 3. The second-order valence-electron chi connectivity index (χ2n) is 7.14. The van der Waals surface area contributed by atoms with Gasteiger partial charge in [0.15, 0.2) is 23.0 Å². The Kier molecular flexibility index (Phi) is 9.71. The minimum Gasteiger partial charge on any atom is -0.493 e. The van der Waals surface area contributed by atoms with Crippen LogP contribution in [0.4, 0.5) is 4.39 Å². The zero-order chi connectivity index (χ0) is 25.2. The highest BCUT2D eigenvalue weighted by atomic mass is 127. The molecule has 0 aliphatic rings. The Labute approximate surface area is 217 Å². The Balaban J connectivity index is 1.72. The first-order chi connectivity index (χ1) is 17.0. The van der Waals surface area contributed by atoms with Crippen molar-refractivity contribution in [2.75, 3.05) is 20.3 Å². The zero-order valence-corrected chi connectivity index (χ0v) is 21.8. The molecule has 3 rings (SSSR count). The van der Waals surface area contributed by atoms with Crippen molar-refractivity contribution in [3.05, 3.63) is 80.7 Å². The van der Waals surface area contributed by atoms with Crippen LogP contribution in [0.15, 0.2) is 59.7 Å². The number of hydrogen-bond donors (Lipinski definition) is 1. The number of halogens is 2. The van der Waals surface area contributed by atoms with Crippen LogP contribution < -0.4 is 24.4 Å². The van der Waals surface area contributed by atoms with E-state index in [1.165, 1.54) is 19.4 Å². The number of amides is 1. The molecule has 184 valence electrons. The highest BCUT2D eigenvalue weighted by Gasteiger charge is 2.14. The Bertz CT molecular complexity index is 1200. The molecule has 3 aromatic carbocycles. The number of ether oxygens (including phenoxy) is 4. The maximum absolute atomic E-state index is 14.0. The number of methoxy groups -OCH3 is 1. The maximum atomic E-state index is 14.0. The summed E-state index contributed by atoms with van der Waals surface area (Å²) >= 11 is 2.12. The molecule has 0 saturated carbocycles. The van der Waals surface area contributed by atoms with Crippen LogP contribution in [0.1, 0.15) is 35.3 Å². The van der Waals surface area contributed by atoms with Crippen LogP contribution in [0.2, 0.25) is 0 Å². The molecule has 1 N–H and O–H groups in total. The molecule has 0 unspecified atom stereocenters. The molecule has 0 atom stereocenters. The molecule has 0 saturated heterocycles. The molecule has 0 spiro atoms. The van der Waals surface area contributed by atoms with Crippen LogP contribution in [0.25, 0.3) is 0 Å². The zero-order valence-electron chi connectivity index (χ0n) is 19.6. The highest BCUT2D eigenvalue weighted by molar-refractivity contribution is 14.1. The van der Waals surface area contributed by atoms with E-state index in [1.54, 1.807) is 42.5 Å². The van der Waals surface area contributed by atoms with E-state index in [0.29, 0.717) is 52.9 Å². The van der Waals surface area contributed by atoms with Crippen LogP contribution in [0, 0.1) is 9.39 Å². The van der Waals surface area contributed by atoms with Gasteiger partial charge in [-0.3, -0.25) is 4.79 Å². The molecule has 9 heteroatoms. The predicted octanol–water partition coefficient (Wildman–Crippen LogP) is 5.58. The molecule has 35 heavy (non-hydrogen) atoms. The number of carbonyl (C=O) groups is 1. The lowest BCUT2D eigenvalue weighted by Crippen LogP contribution is -2.17. The Morgan fingerprint density at radius 3 is 2.46 bits per heavy atom. The summed E-state index contributed by atoms with van der Waals surface area (Å²) in [6, 6.07) is 14.9. The van der Waals surface area contributed by atoms with Gasteiger partial charge in [0.1, 0.15) is 12.4 Å². The highest BCUT2D eigenvalue weighted by Crippen LogP contribution is 2.34. The lowest BCUT2D eigenvalue weighted by Gasteiger charge is -2.15. The van der Waals surface area contributed by atoms with E-state index in [0.717, 1.165) is 3.57 Å². The van der Waals surface area contributed by atoms with E-state index in [2.05, 4.69) is 33.1 Å². The van der Waals surface area contributed by atoms with E-state index >= 15 is 0 Å². The Morgan fingerprint density at radius 2 is 1.74 bits per heavy atom. The topological polar surface area (TPSA) is 78.4 Å². The van der Waals surface area contributed by atoms with Gasteiger partial charge in [0.05, 0.1) is 30.1 Å². The molecular weight excluding hydrogens is 566 g/mol. The largest absolute Gasteiger partial charge is 0.493 e. The van der Waals surface area contributed by atoms with Crippen LogP contribution in [0.5, 0.6) is 23.0 Å². The van der Waals surface area contributed by atoms with Crippen molar-refractivity contribution in [2.24, 2.45) is 5.10 Å². The summed E-state index contributed by atoms with van der Waals surface area (Å²) in [6.07, 6.45) is 1.51. The van der Waals surface area contributed by atoms with Gasteiger partial charge in [-0.15, -0.1) is 0 Å². The lowest BCUT2D eigenvalue weighted by atomic mass is 10.2. The van der Waals surface area contributed by atoms with E-state index in [-0.39, 0.29) is 12.4 Å². The number of nitrogens with one attached hydrogen (secondary N) is 1. The average molecular weight is 592 g/mol. The molecule has 1 amide bonds. The van der Waals surface area contributed by atoms with Crippen molar-refractivity contribution in [3.63, 3.8) is 0 Å². The Morgan fingerprint density at radius 1 is 1.00 bits per heavy atom. The first-order valence-corrected chi connectivity index (χ1v) is 12.0. The minimum atomic E-state index is -0.396. The maximum Gasteiger partial charge on any atom is 0.271 e. The van der Waals surface area contributed by atoms with Crippen molar-refractivity contribution in [2.45, 2.75) is 20.5 Å². The van der Waals surface area contributed by atoms with Gasteiger partial charge in [-0.1, -0.05) is 18.2 Å². The molecule has 0 aromatic heterocycles. The molecule has 0 bridgehead atoms. The Hall–Kier alpha value is -3.34. The fourth-order valence-corrected chi connectivity index (χ4v) is 3.93. The third-order valence-corrected chi connectivity index (χ3v) is 5.57. The molecule has 7 nitrogen and oxygen atoms in total. The fraction of sp³-hybridized carbons (Fsp3) is 0.231. The molecule has 0 radical (unpaired) electrons. The summed E-state index contributed by atoms with van der Waals surface area (Å²) in [5.74, 6) is 1.31. The predicted molar refractivity (Wildman–Crippen MR) is 140 cm³/mol. The fourth-order valence-electron chi connectivity index (χ4n) is 3.14. The van der Waals surface area contributed by atoms with Gasteiger partial charge >= 0.3 is 0 Å². The molecular formula is C26H26FIN2O5. The van der Waals surface area contributed by atoms with E-state index < -0.39 is 5.91 Å². The molecule has 3 aromatic rings. The van der Waals surface area contributed by atoms with Crippen molar-refractivity contribution in [1.82, 2.24) is 5.43 Å². The summed E-state index contributed by atoms with van der Waals surface area (Å²) in [6.45, 7) is 4.71. The van der Waals surface area contributed by atoms with Crippen LogP contribution in [-0.2, 0) is 6.61 Å². The molecule has 0 fully saturated rings. The first kappa shape index (κ1) is 26.3. The number of rotatable bonds is 11. The third-order valence-electron chi connectivity index (χ3n) is 4.77. The van der Waals surface area contributed by atoms with Gasteiger partial charge in [0.2, 0.25) is 0 Å². The average Bonchev–Trinajstić information content (AvgIpc) is 2.85. The first-order valence-electron chi connectivity index (χ1n) is 10.9. The van der Waals surface area contributed by atoms with E-state index in [9.17, 15) is 9.18 Å². The normalized spacial score (nSPS) is 10.8. The van der Waals surface area contributed by atoms with Crippen molar-refractivity contribution in [3.8, 4) is 23.0 Å². The minimum absolute atomic E-state index is 0.0673. The molecule has 0 heterocycles.